The molecule has 0 aromatic heterocycles. The van der Waals surface area contributed by atoms with E-state index >= 15 is 0 Å². The van der Waals surface area contributed by atoms with Gasteiger partial charge < -0.3 is 5.32 Å². The van der Waals surface area contributed by atoms with Gasteiger partial charge in [0.15, 0.2) is 11.6 Å². The molecule has 0 amide bonds. The monoisotopic (exact) mass is 255 g/mol. The van der Waals surface area contributed by atoms with E-state index in [9.17, 15) is 8.78 Å². The Kier molecular flexibility index (Phi) is 5.73. The summed E-state index contributed by atoms with van der Waals surface area (Å²) in [5, 5.41) is 3.35. The minimum absolute atomic E-state index is 0.000335. The zero-order valence-corrected chi connectivity index (χ0v) is 11.6. The first-order valence-electron chi connectivity index (χ1n) is 6.58. The largest absolute Gasteiger partial charge is 0.316 e. The first-order valence-corrected chi connectivity index (χ1v) is 6.58. The Bertz CT molecular complexity index is 377. The van der Waals surface area contributed by atoms with Crippen LogP contribution in [0.2, 0.25) is 0 Å². The van der Waals surface area contributed by atoms with E-state index in [0.717, 1.165) is 19.2 Å². The zero-order valence-electron chi connectivity index (χ0n) is 11.6. The van der Waals surface area contributed by atoms with Crippen LogP contribution in [0.4, 0.5) is 8.78 Å². The molecule has 0 bridgehead atoms. The van der Waals surface area contributed by atoms with Gasteiger partial charge in [-0.2, -0.15) is 0 Å². The molecule has 0 aliphatic rings. The van der Waals surface area contributed by atoms with Crippen molar-refractivity contribution in [2.45, 2.75) is 33.6 Å². The van der Waals surface area contributed by atoms with E-state index in [1.165, 1.54) is 0 Å². The van der Waals surface area contributed by atoms with Crippen molar-refractivity contribution in [1.29, 1.82) is 0 Å². The van der Waals surface area contributed by atoms with Crippen LogP contribution in [0.5, 0.6) is 0 Å². The lowest BCUT2D eigenvalue weighted by Crippen LogP contribution is -2.27. The van der Waals surface area contributed by atoms with E-state index in [0.29, 0.717) is 11.5 Å². The highest BCUT2D eigenvalue weighted by molar-refractivity contribution is 5.23. The Labute approximate surface area is 109 Å². The minimum Gasteiger partial charge on any atom is -0.316 e. The van der Waals surface area contributed by atoms with E-state index in [4.69, 9.17) is 0 Å². The van der Waals surface area contributed by atoms with Crippen molar-refractivity contribution in [3.05, 3.63) is 35.4 Å². The van der Waals surface area contributed by atoms with Gasteiger partial charge in [0.1, 0.15) is 0 Å². The zero-order chi connectivity index (χ0) is 13.7. The van der Waals surface area contributed by atoms with Gasteiger partial charge in [0.25, 0.3) is 0 Å². The third-order valence-electron chi connectivity index (χ3n) is 3.34. The highest BCUT2D eigenvalue weighted by atomic mass is 19.2. The summed E-state index contributed by atoms with van der Waals surface area (Å²) in [6, 6.07) is 4.40. The average Bonchev–Trinajstić information content (AvgIpc) is 2.31. The quantitative estimate of drug-likeness (QED) is 0.811. The van der Waals surface area contributed by atoms with Crippen molar-refractivity contribution in [2.75, 3.05) is 13.1 Å². The molecule has 3 heteroatoms. The maximum atomic E-state index is 13.7. The fourth-order valence-electron chi connectivity index (χ4n) is 1.96. The lowest BCUT2D eigenvalue weighted by molar-refractivity contribution is 0.410. The third-order valence-corrected chi connectivity index (χ3v) is 3.34. The number of nitrogens with one attached hydrogen (secondary N) is 1. The van der Waals surface area contributed by atoms with E-state index in [1.807, 2.05) is 6.92 Å². The molecule has 1 rings (SSSR count). The fraction of sp³-hybridized carbons (Fsp3) is 0.600. The van der Waals surface area contributed by atoms with Crippen LogP contribution in [0, 0.1) is 23.5 Å². The van der Waals surface area contributed by atoms with Gasteiger partial charge in [-0.15, -0.1) is 0 Å². The van der Waals surface area contributed by atoms with E-state index < -0.39 is 11.6 Å². The van der Waals surface area contributed by atoms with E-state index in [2.05, 4.69) is 26.1 Å². The van der Waals surface area contributed by atoms with Crippen molar-refractivity contribution in [2.24, 2.45) is 11.8 Å². The SMILES string of the molecule is CC(C)CNCC(C)C(C)c1cccc(F)c1F. The molecule has 0 radical (unpaired) electrons. The summed E-state index contributed by atoms with van der Waals surface area (Å²) >= 11 is 0. The van der Waals surface area contributed by atoms with Crippen LogP contribution in [0.1, 0.15) is 39.2 Å². The molecule has 0 aliphatic carbocycles. The Balaban J connectivity index is 2.62. The lowest BCUT2D eigenvalue weighted by atomic mass is 9.88. The molecule has 102 valence electrons. The summed E-state index contributed by atoms with van der Waals surface area (Å²) in [7, 11) is 0. The summed E-state index contributed by atoms with van der Waals surface area (Å²) in [6.07, 6.45) is 0. The van der Waals surface area contributed by atoms with Gasteiger partial charge in [0.2, 0.25) is 0 Å². The predicted octanol–water partition coefficient (Wildman–Crippen LogP) is 3.95. The van der Waals surface area contributed by atoms with Crippen molar-refractivity contribution in [1.82, 2.24) is 5.32 Å². The maximum absolute atomic E-state index is 13.7. The van der Waals surface area contributed by atoms with Crippen LogP contribution in [0.25, 0.3) is 0 Å². The summed E-state index contributed by atoms with van der Waals surface area (Å²) < 4.78 is 26.8. The first kappa shape index (κ1) is 15.1. The van der Waals surface area contributed by atoms with Crippen LogP contribution in [0.3, 0.4) is 0 Å². The first-order chi connectivity index (χ1) is 8.43. The number of halogens is 2. The molecule has 1 aromatic carbocycles. The molecule has 0 saturated carbocycles. The molecule has 0 saturated heterocycles. The summed E-state index contributed by atoms with van der Waals surface area (Å²) in [5.41, 5.74) is 0.467. The van der Waals surface area contributed by atoms with Crippen LogP contribution in [-0.2, 0) is 0 Å². The van der Waals surface area contributed by atoms with E-state index in [1.54, 1.807) is 12.1 Å². The average molecular weight is 255 g/mol. The fourth-order valence-corrected chi connectivity index (χ4v) is 1.96. The molecule has 1 aromatic rings. The topological polar surface area (TPSA) is 12.0 Å². The Morgan fingerprint density at radius 1 is 1.06 bits per heavy atom. The molecule has 2 unspecified atom stereocenters. The molecule has 0 heterocycles. The lowest BCUT2D eigenvalue weighted by Gasteiger charge is -2.22. The molecule has 0 fully saturated rings. The van der Waals surface area contributed by atoms with Crippen molar-refractivity contribution < 1.29 is 8.78 Å². The molecule has 1 nitrogen and oxygen atoms in total. The number of hydrogen-bond acceptors (Lipinski definition) is 1. The van der Waals surface area contributed by atoms with Gasteiger partial charge in [0, 0.05) is 0 Å². The summed E-state index contributed by atoms with van der Waals surface area (Å²) in [5.74, 6) is -0.610. The summed E-state index contributed by atoms with van der Waals surface area (Å²) in [4.78, 5) is 0. The number of benzene rings is 1. The van der Waals surface area contributed by atoms with E-state index in [-0.39, 0.29) is 11.8 Å². The van der Waals surface area contributed by atoms with Gasteiger partial charge in [-0.1, -0.05) is 39.8 Å². The van der Waals surface area contributed by atoms with Gasteiger partial charge in [-0.05, 0) is 42.5 Å². The second-order valence-electron chi connectivity index (χ2n) is 5.46. The molecule has 0 aliphatic heterocycles. The van der Waals surface area contributed by atoms with Crippen LogP contribution < -0.4 is 5.32 Å². The van der Waals surface area contributed by atoms with Gasteiger partial charge in [0.05, 0.1) is 0 Å². The molecule has 18 heavy (non-hydrogen) atoms. The highest BCUT2D eigenvalue weighted by Crippen LogP contribution is 2.27. The number of rotatable bonds is 6. The molecule has 2 atom stereocenters. The minimum atomic E-state index is -0.762. The Hall–Kier alpha value is -0.960. The molecule has 1 N–H and O–H groups in total. The van der Waals surface area contributed by atoms with Crippen molar-refractivity contribution >= 4 is 0 Å². The standard InChI is InChI=1S/C15H23F2N/c1-10(2)8-18-9-11(3)12(4)13-6-5-7-14(16)15(13)17/h5-7,10-12,18H,8-9H2,1-4H3. The van der Waals surface area contributed by atoms with Crippen molar-refractivity contribution in [3.63, 3.8) is 0 Å². The number of hydrogen-bond donors (Lipinski definition) is 1. The second kappa shape index (κ2) is 6.83. The Morgan fingerprint density at radius 2 is 1.72 bits per heavy atom. The smallest absolute Gasteiger partial charge is 0.162 e. The second-order valence-corrected chi connectivity index (χ2v) is 5.46. The highest BCUT2D eigenvalue weighted by Gasteiger charge is 2.19. The molecule has 0 spiro atoms. The van der Waals surface area contributed by atoms with Gasteiger partial charge in [-0.25, -0.2) is 8.78 Å². The van der Waals surface area contributed by atoms with Crippen molar-refractivity contribution in [3.8, 4) is 0 Å². The normalized spacial score (nSPS) is 14.8. The maximum Gasteiger partial charge on any atom is 0.162 e. The summed E-state index contributed by atoms with van der Waals surface area (Å²) in [6.45, 7) is 10.1. The van der Waals surface area contributed by atoms with Gasteiger partial charge >= 0.3 is 0 Å². The third kappa shape index (κ3) is 4.05. The van der Waals surface area contributed by atoms with Crippen LogP contribution in [-0.4, -0.2) is 13.1 Å². The Morgan fingerprint density at radius 3 is 2.33 bits per heavy atom. The van der Waals surface area contributed by atoms with Crippen LogP contribution in [0.15, 0.2) is 18.2 Å². The van der Waals surface area contributed by atoms with Gasteiger partial charge in [-0.3, -0.25) is 0 Å². The van der Waals surface area contributed by atoms with Crippen LogP contribution >= 0.6 is 0 Å². The molecular formula is C15H23F2N. The molecular weight excluding hydrogens is 232 g/mol. The predicted molar refractivity (Wildman–Crippen MR) is 71.6 cm³/mol.